The Labute approximate surface area is 159 Å². The van der Waals surface area contributed by atoms with E-state index in [1.54, 1.807) is 12.1 Å². The van der Waals surface area contributed by atoms with E-state index in [-0.39, 0.29) is 29.5 Å². The highest BCUT2D eigenvalue weighted by molar-refractivity contribution is 7.91. The van der Waals surface area contributed by atoms with Crippen LogP contribution in [0.4, 0.5) is 0 Å². The van der Waals surface area contributed by atoms with E-state index in [0.717, 1.165) is 36.1 Å². The van der Waals surface area contributed by atoms with Crippen molar-refractivity contribution in [2.45, 2.75) is 44.7 Å². The van der Waals surface area contributed by atoms with Crippen LogP contribution in [0.15, 0.2) is 18.2 Å². The number of benzene rings is 1. The molecule has 1 saturated carbocycles. The fourth-order valence-electron chi connectivity index (χ4n) is 4.56. The molecule has 3 atom stereocenters. The zero-order chi connectivity index (χ0) is 19.2. The van der Waals surface area contributed by atoms with Crippen molar-refractivity contribution >= 4 is 26.8 Å². The molecule has 4 rings (SSSR count). The summed E-state index contributed by atoms with van der Waals surface area (Å²) in [5.74, 6) is 1.41. The van der Waals surface area contributed by atoms with Gasteiger partial charge in [0.2, 0.25) is 0 Å². The third-order valence-corrected chi connectivity index (χ3v) is 7.73. The first-order valence-electron chi connectivity index (χ1n) is 9.58. The highest BCUT2D eigenvalue weighted by Crippen LogP contribution is 2.30. The number of amides is 1. The van der Waals surface area contributed by atoms with Gasteiger partial charge in [-0.3, -0.25) is 4.79 Å². The van der Waals surface area contributed by atoms with E-state index in [1.165, 1.54) is 0 Å². The molecule has 27 heavy (non-hydrogen) atoms. The van der Waals surface area contributed by atoms with Gasteiger partial charge in [-0.25, -0.2) is 13.4 Å². The molecule has 2 aromatic rings. The second kappa shape index (κ2) is 6.91. The van der Waals surface area contributed by atoms with Crippen LogP contribution in [0.3, 0.4) is 0 Å². The van der Waals surface area contributed by atoms with Crippen LogP contribution in [-0.2, 0) is 9.84 Å². The van der Waals surface area contributed by atoms with Crippen molar-refractivity contribution < 1.29 is 13.2 Å². The van der Waals surface area contributed by atoms with Gasteiger partial charge in [0.05, 0.1) is 28.6 Å². The van der Waals surface area contributed by atoms with E-state index < -0.39 is 9.84 Å². The summed E-state index contributed by atoms with van der Waals surface area (Å²) in [6.45, 7) is 2.48. The molecule has 1 amide bonds. The Morgan fingerprint density at radius 1 is 1.33 bits per heavy atom. The SMILES string of the molecule is Cc1nc2cc(C(=O)N[C@@H]3CCC[C@@H]3CN)ccc2n1[C@@H]1CCS(=O)(=O)C1. The summed E-state index contributed by atoms with van der Waals surface area (Å²) < 4.78 is 25.7. The number of aryl methyl sites for hydroxylation is 1. The molecule has 7 nitrogen and oxygen atoms in total. The minimum Gasteiger partial charge on any atom is -0.349 e. The fourth-order valence-corrected chi connectivity index (χ4v) is 6.26. The summed E-state index contributed by atoms with van der Waals surface area (Å²) in [6, 6.07) is 5.53. The maximum absolute atomic E-state index is 12.7. The van der Waals surface area contributed by atoms with E-state index in [2.05, 4.69) is 10.3 Å². The molecule has 1 aliphatic heterocycles. The highest BCUT2D eigenvalue weighted by atomic mass is 32.2. The predicted molar refractivity (Wildman–Crippen MR) is 104 cm³/mol. The Morgan fingerprint density at radius 2 is 2.15 bits per heavy atom. The average molecular weight is 391 g/mol. The van der Waals surface area contributed by atoms with Gasteiger partial charge in [-0.2, -0.15) is 0 Å². The lowest BCUT2D eigenvalue weighted by Crippen LogP contribution is -2.39. The molecular weight excluding hydrogens is 364 g/mol. The van der Waals surface area contributed by atoms with Gasteiger partial charge in [0, 0.05) is 11.6 Å². The number of nitrogens with one attached hydrogen (secondary N) is 1. The maximum atomic E-state index is 12.7. The Hall–Kier alpha value is -1.93. The Balaban J connectivity index is 1.59. The van der Waals surface area contributed by atoms with Gasteiger partial charge >= 0.3 is 0 Å². The molecule has 1 saturated heterocycles. The topological polar surface area (TPSA) is 107 Å². The van der Waals surface area contributed by atoms with Crippen LogP contribution >= 0.6 is 0 Å². The minimum absolute atomic E-state index is 0.0801. The third-order valence-electron chi connectivity index (χ3n) is 5.98. The van der Waals surface area contributed by atoms with Crippen molar-refractivity contribution in [3.63, 3.8) is 0 Å². The number of nitrogens with two attached hydrogens (primary N) is 1. The van der Waals surface area contributed by atoms with Gasteiger partial charge in [0.25, 0.3) is 5.91 Å². The Bertz CT molecular complexity index is 982. The van der Waals surface area contributed by atoms with E-state index in [1.807, 2.05) is 17.6 Å². The van der Waals surface area contributed by atoms with Crippen molar-refractivity contribution in [2.75, 3.05) is 18.1 Å². The lowest BCUT2D eigenvalue weighted by atomic mass is 10.0. The van der Waals surface area contributed by atoms with Gasteiger partial charge in [-0.1, -0.05) is 6.42 Å². The zero-order valence-corrected chi connectivity index (χ0v) is 16.3. The number of hydrogen-bond acceptors (Lipinski definition) is 5. The average Bonchev–Trinajstić information content (AvgIpc) is 3.30. The van der Waals surface area contributed by atoms with Crippen LogP contribution in [0.5, 0.6) is 0 Å². The molecule has 2 aliphatic rings. The van der Waals surface area contributed by atoms with E-state index >= 15 is 0 Å². The van der Waals surface area contributed by atoms with Crippen molar-refractivity contribution in [2.24, 2.45) is 11.7 Å². The second-order valence-corrected chi connectivity index (χ2v) is 10.0. The number of carbonyl (C=O) groups excluding carboxylic acids is 1. The molecule has 2 heterocycles. The molecule has 0 radical (unpaired) electrons. The van der Waals surface area contributed by atoms with Gasteiger partial charge < -0.3 is 15.6 Å². The van der Waals surface area contributed by atoms with Crippen LogP contribution in [0.25, 0.3) is 11.0 Å². The number of imidazole rings is 1. The smallest absolute Gasteiger partial charge is 0.251 e. The Kier molecular flexibility index (Phi) is 4.71. The minimum atomic E-state index is -2.97. The van der Waals surface area contributed by atoms with Crippen LogP contribution in [0.2, 0.25) is 0 Å². The standard InChI is InChI=1S/C19H26N4O3S/c1-12-21-17-9-13(19(24)22-16-4-2-3-14(16)10-20)5-6-18(17)23(12)15-7-8-27(25,26)11-15/h5-6,9,14-16H,2-4,7-8,10-11,20H2,1H3,(H,22,24)/t14-,15-,16-/m1/s1. The number of rotatable bonds is 4. The summed E-state index contributed by atoms with van der Waals surface area (Å²) in [4.78, 5) is 17.3. The number of aromatic nitrogens is 2. The molecule has 2 fully saturated rings. The quantitative estimate of drug-likeness (QED) is 0.824. The summed E-state index contributed by atoms with van der Waals surface area (Å²) >= 11 is 0. The summed E-state index contributed by atoms with van der Waals surface area (Å²) in [7, 11) is -2.97. The van der Waals surface area contributed by atoms with E-state index in [9.17, 15) is 13.2 Å². The highest BCUT2D eigenvalue weighted by Gasteiger charge is 2.31. The molecule has 3 N–H and O–H groups in total. The number of carbonyl (C=O) groups is 1. The molecule has 1 aliphatic carbocycles. The first-order valence-corrected chi connectivity index (χ1v) is 11.4. The molecule has 0 unspecified atom stereocenters. The molecule has 146 valence electrons. The Morgan fingerprint density at radius 3 is 2.85 bits per heavy atom. The van der Waals surface area contributed by atoms with Crippen molar-refractivity contribution in [1.29, 1.82) is 0 Å². The summed E-state index contributed by atoms with van der Waals surface area (Å²) in [6.07, 6.45) is 3.74. The fraction of sp³-hybridized carbons (Fsp3) is 0.579. The van der Waals surface area contributed by atoms with E-state index in [4.69, 9.17) is 5.73 Å². The van der Waals surface area contributed by atoms with Crippen LogP contribution < -0.4 is 11.1 Å². The lowest BCUT2D eigenvalue weighted by molar-refractivity contribution is 0.0929. The van der Waals surface area contributed by atoms with Crippen molar-refractivity contribution in [1.82, 2.24) is 14.9 Å². The van der Waals surface area contributed by atoms with Crippen LogP contribution in [0.1, 0.15) is 47.9 Å². The third kappa shape index (κ3) is 3.48. The summed E-state index contributed by atoms with van der Waals surface area (Å²) in [5, 5.41) is 3.12. The van der Waals surface area contributed by atoms with Gasteiger partial charge in [-0.05, 0) is 56.8 Å². The second-order valence-electron chi connectivity index (χ2n) is 7.80. The first kappa shape index (κ1) is 18.4. The van der Waals surface area contributed by atoms with Crippen LogP contribution in [0, 0.1) is 12.8 Å². The molecule has 0 spiro atoms. The largest absolute Gasteiger partial charge is 0.349 e. The van der Waals surface area contributed by atoms with E-state index in [0.29, 0.717) is 24.4 Å². The number of fused-ring (bicyclic) bond motifs is 1. The lowest BCUT2D eigenvalue weighted by Gasteiger charge is -2.19. The van der Waals surface area contributed by atoms with Crippen LogP contribution in [-0.4, -0.2) is 48.0 Å². The molecular formula is C19H26N4O3S. The molecule has 1 aromatic heterocycles. The van der Waals surface area contributed by atoms with Crippen molar-refractivity contribution in [3.8, 4) is 0 Å². The van der Waals surface area contributed by atoms with Gasteiger partial charge in [0.15, 0.2) is 9.84 Å². The molecule has 0 bridgehead atoms. The number of sulfone groups is 1. The number of hydrogen-bond donors (Lipinski definition) is 2. The number of nitrogens with zero attached hydrogens (tertiary/aromatic N) is 2. The van der Waals surface area contributed by atoms with Gasteiger partial charge in [-0.15, -0.1) is 0 Å². The zero-order valence-electron chi connectivity index (χ0n) is 15.5. The normalized spacial score (nSPS) is 27.3. The monoisotopic (exact) mass is 390 g/mol. The predicted octanol–water partition coefficient (Wildman–Crippen LogP) is 1.56. The maximum Gasteiger partial charge on any atom is 0.251 e. The first-order chi connectivity index (χ1) is 12.9. The molecule has 8 heteroatoms. The van der Waals surface area contributed by atoms with Crippen molar-refractivity contribution in [3.05, 3.63) is 29.6 Å². The molecule has 1 aromatic carbocycles. The van der Waals surface area contributed by atoms with Gasteiger partial charge in [0.1, 0.15) is 5.82 Å². The summed E-state index contributed by atoms with van der Waals surface area (Å²) in [5.41, 5.74) is 7.99.